The van der Waals surface area contributed by atoms with Crippen LogP contribution in [-0.2, 0) is 26.1 Å². The normalized spacial score (nSPS) is 11.4. The fourth-order valence-electron chi connectivity index (χ4n) is 4.63. The number of fused-ring (bicyclic) bond motifs is 1. The van der Waals surface area contributed by atoms with Gasteiger partial charge in [-0.05, 0) is 73.5 Å². The lowest BCUT2D eigenvalue weighted by Gasteiger charge is -2.17. The van der Waals surface area contributed by atoms with Crippen molar-refractivity contribution in [3.8, 4) is 11.4 Å². The zero-order valence-corrected chi connectivity index (χ0v) is 20.3. The minimum Gasteiger partial charge on any atom is -0.339 e. The van der Waals surface area contributed by atoms with Crippen LogP contribution >= 0.6 is 0 Å². The predicted octanol–water partition coefficient (Wildman–Crippen LogP) is 7.03. The van der Waals surface area contributed by atoms with Crippen LogP contribution in [0.2, 0.25) is 0 Å². The Morgan fingerprint density at radius 3 is 2.26 bits per heavy atom. The van der Waals surface area contributed by atoms with Crippen molar-refractivity contribution in [2.24, 2.45) is 0 Å². The van der Waals surface area contributed by atoms with Gasteiger partial charge in [0.15, 0.2) is 0 Å². The maximum absolute atomic E-state index is 13.4. The number of aryl methyl sites for hydroxylation is 3. The van der Waals surface area contributed by atoms with E-state index < -0.39 is 0 Å². The molecule has 35 heavy (non-hydrogen) atoms. The molecule has 3 aromatic carbocycles. The largest absolute Gasteiger partial charge is 0.339 e. The number of nitrogens with zero attached hydrogens (tertiary/aromatic N) is 3. The van der Waals surface area contributed by atoms with E-state index >= 15 is 0 Å². The van der Waals surface area contributed by atoms with Gasteiger partial charge < -0.3 is 4.57 Å². The Morgan fingerprint density at radius 1 is 0.800 bits per heavy atom. The van der Waals surface area contributed by atoms with Gasteiger partial charge in [0.25, 0.3) is 0 Å². The maximum atomic E-state index is 13.4. The Hall–Kier alpha value is -3.76. The Balaban J connectivity index is 1.43. The standard InChI is InChI=1S/C31H30FN3/c1-23-6-8-25(9-7-23)21-34(2)22-26-10-13-27-20-31(29-5-3-4-17-33-29)35(30(27)19-26)18-16-24-11-14-28(32)15-12-24/h3-15,17,19-20H,16,18,21-22H2,1-2H3. The molecule has 0 aliphatic rings. The van der Waals surface area contributed by atoms with Crippen LogP contribution in [0.25, 0.3) is 22.3 Å². The van der Waals surface area contributed by atoms with E-state index in [-0.39, 0.29) is 5.82 Å². The topological polar surface area (TPSA) is 21.1 Å². The minimum absolute atomic E-state index is 0.200. The van der Waals surface area contributed by atoms with E-state index in [2.05, 4.69) is 83.0 Å². The van der Waals surface area contributed by atoms with Crippen LogP contribution in [-0.4, -0.2) is 21.5 Å². The second-order valence-corrected chi connectivity index (χ2v) is 9.32. The highest BCUT2D eigenvalue weighted by Gasteiger charge is 2.13. The highest BCUT2D eigenvalue weighted by molar-refractivity contribution is 5.87. The van der Waals surface area contributed by atoms with Crippen LogP contribution in [0.5, 0.6) is 0 Å². The highest BCUT2D eigenvalue weighted by Crippen LogP contribution is 2.29. The smallest absolute Gasteiger partial charge is 0.123 e. The summed E-state index contributed by atoms with van der Waals surface area (Å²) in [6.07, 6.45) is 2.66. The molecule has 176 valence electrons. The van der Waals surface area contributed by atoms with E-state index in [1.54, 1.807) is 0 Å². The third kappa shape index (κ3) is 5.50. The average molecular weight is 464 g/mol. The van der Waals surface area contributed by atoms with Crippen molar-refractivity contribution < 1.29 is 4.39 Å². The molecule has 0 N–H and O–H groups in total. The van der Waals surface area contributed by atoms with Crippen molar-refractivity contribution in [3.05, 3.63) is 125 Å². The molecule has 2 heterocycles. The van der Waals surface area contributed by atoms with Gasteiger partial charge in [0.2, 0.25) is 0 Å². The molecule has 0 aliphatic carbocycles. The molecule has 0 bridgehead atoms. The molecule has 0 aliphatic heterocycles. The summed E-state index contributed by atoms with van der Waals surface area (Å²) in [6.45, 7) is 4.69. The van der Waals surface area contributed by atoms with Crippen molar-refractivity contribution in [2.75, 3.05) is 7.05 Å². The lowest BCUT2D eigenvalue weighted by Crippen LogP contribution is -2.17. The van der Waals surface area contributed by atoms with Crippen molar-refractivity contribution in [3.63, 3.8) is 0 Å². The number of aromatic nitrogens is 2. The summed E-state index contributed by atoms with van der Waals surface area (Å²) in [5.74, 6) is -0.200. The lowest BCUT2D eigenvalue weighted by atomic mass is 10.1. The van der Waals surface area contributed by atoms with Crippen LogP contribution in [0.15, 0.2) is 97.2 Å². The zero-order valence-electron chi connectivity index (χ0n) is 20.3. The quantitative estimate of drug-likeness (QED) is 0.246. The predicted molar refractivity (Wildman–Crippen MR) is 142 cm³/mol. The van der Waals surface area contributed by atoms with Gasteiger partial charge in [0.1, 0.15) is 5.82 Å². The van der Waals surface area contributed by atoms with Crippen molar-refractivity contribution >= 4 is 10.9 Å². The summed E-state index contributed by atoms with van der Waals surface area (Å²) in [4.78, 5) is 6.96. The van der Waals surface area contributed by atoms with Gasteiger partial charge in [-0.25, -0.2) is 4.39 Å². The van der Waals surface area contributed by atoms with Gasteiger partial charge in [0, 0.05) is 36.7 Å². The molecule has 0 saturated heterocycles. The van der Waals surface area contributed by atoms with E-state index in [0.717, 1.165) is 43.0 Å². The number of hydrogen-bond donors (Lipinski definition) is 0. The maximum Gasteiger partial charge on any atom is 0.123 e. The lowest BCUT2D eigenvalue weighted by molar-refractivity contribution is 0.319. The summed E-state index contributed by atoms with van der Waals surface area (Å²) in [5.41, 5.74) is 8.27. The van der Waals surface area contributed by atoms with E-state index in [9.17, 15) is 4.39 Å². The van der Waals surface area contributed by atoms with Crippen LogP contribution < -0.4 is 0 Å². The number of pyridine rings is 1. The fourth-order valence-corrected chi connectivity index (χ4v) is 4.63. The first-order valence-electron chi connectivity index (χ1n) is 12.1. The first-order chi connectivity index (χ1) is 17.0. The van der Waals surface area contributed by atoms with E-state index in [4.69, 9.17) is 0 Å². The monoisotopic (exact) mass is 463 g/mol. The fraction of sp³-hybridized carbons (Fsp3) is 0.194. The van der Waals surface area contributed by atoms with Crippen LogP contribution in [0.1, 0.15) is 22.3 Å². The molecule has 2 aromatic heterocycles. The molecule has 0 atom stereocenters. The molecular weight excluding hydrogens is 433 g/mol. The molecule has 4 heteroatoms. The van der Waals surface area contributed by atoms with Gasteiger partial charge in [-0.3, -0.25) is 9.88 Å². The van der Waals surface area contributed by atoms with Crippen molar-refractivity contribution in [1.29, 1.82) is 0 Å². The Labute approximate surface area is 206 Å². The van der Waals surface area contributed by atoms with Crippen LogP contribution in [0.4, 0.5) is 4.39 Å². The molecule has 0 saturated carbocycles. The first kappa shape index (κ1) is 23.0. The van der Waals surface area contributed by atoms with Crippen LogP contribution in [0.3, 0.4) is 0 Å². The summed E-state index contributed by atoms with van der Waals surface area (Å²) in [6, 6.07) is 30.5. The summed E-state index contributed by atoms with van der Waals surface area (Å²) < 4.78 is 15.7. The van der Waals surface area contributed by atoms with Crippen molar-refractivity contribution in [2.45, 2.75) is 33.0 Å². The molecular formula is C31H30FN3. The first-order valence-corrected chi connectivity index (χ1v) is 12.1. The molecule has 0 unspecified atom stereocenters. The van der Waals surface area contributed by atoms with Gasteiger partial charge >= 0.3 is 0 Å². The second-order valence-electron chi connectivity index (χ2n) is 9.32. The zero-order chi connectivity index (χ0) is 24.2. The third-order valence-electron chi connectivity index (χ3n) is 6.46. The molecule has 5 aromatic rings. The SMILES string of the molecule is Cc1ccc(CN(C)Cc2ccc3cc(-c4ccccn4)n(CCc4ccc(F)cc4)c3c2)cc1. The Bertz CT molecular complexity index is 1400. The summed E-state index contributed by atoms with van der Waals surface area (Å²) >= 11 is 0. The van der Waals surface area contributed by atoms with E-state index in [1.165, 1.54) is 39.7 Å². The van der Waals surface area contributed by atoms with Gasteiger partial charge in [0.05, 0.1) is 11.4 Å². The molecule has 0 fully saturated rings. The number of halogens is 1. The Kier molecular flexibility index (Phi) is 6.73. The molecule has 0 spiro atoms. The van der Waals surface area contributed by atoms with E-state index in [0.29, 0.717) is 0 Å². The third-order valence-corrected chi connectivity index (χ3v) is 6.46. The molecule has 0 amide bonds. The van der Waals surface area contributed by atoms with Crippen LogP contribution in [0, 0.1) is 12.7 Å². The summed E-state index contributed by atoms with van der Waals surface area (Å²) in [7, 11) is 2.16. The van der Waals surface area contributed by atoms with Gasteiger partial charge in [-0.15, -0.1) is 0 Å². The number of benzene rings is 3. The van der Waals surface area contributed by atoms with Gasteiger partial charge in [-0.1, -0.05) is 60.2 Å². The molecule has 3 nitrogen and oxygen atoms in total. The number of rotatable bonds is 8. The minimum atomic E-state index is -0.200. The summed E-state index contributed by atoms with van der Waals surface area (Å²) in [5, 5.41) is 1.20. The molecule has 0 radical (unpaired) electrons. The second kappa shape index (κ2) is 10.2. The Morgan fingerprint density at radius 2 is 1.51 bits per heavy atom. The van der Waals surface area contributed by atoms with E-state index in [1.807, 2.05) is 30.5 Å². The van der Waals surface area contributed by atoms with Gasteiger partial charge in [-0.2, -0.15) is 0 Å². The van der Waals surface area contributed by atoms with Crippen molar-refractivity contribution in [1.82, 2.24) is 14.5 Å². The highest BCUT2D eigenvalue weighted by atomic mass is 19.1. The number of hydrogen-bond acceptors (Lipinski definition) is 2. The average Bonchev–Trinajstić information content (AvgIpc) is 3.23. The molecule has 5 rings (SSSR count).